The molecule has 0 atom stereocenters. The third kappa shape index (κ3) is 6.01. The van der Waals surface area contributed by atoms with Gasteiger partial charge >= 0.3 is 5.97 Å². The molecule has 0 radical (unpaired) electrons. The summed E-state index contributed by atoms with van der Waals surface area (Å²) in [6, 6.07) is 10.0. The lowest BCUT2D eigenvalue weighted by molar-refractivity contribution is -0.144. The third-order valence-electron chi connectivity index (χ3n) is 2.86. The first-order valence-electron chi connectivity index (χ1n) is 6.79. The number of hydrogen-bond acceptors (Lipinski definition) is 6. The lowest BCUT2D eigenvalue weighted by Crippen LogP contribution is -2.30. The first-order chi connectivity index (χ1) is 10.2. The Labute approximate surface area is 140 Å². The van der Waals surface area contributed by atoms with E-state index in [1.54, 1.807) is 6.20 Å². The lowest BCUT2D eigenvalue weighted by atomic mass is 10.2. The molecule has 0 unspecified atom stereocenters. The Morgan fingerprint density at radius 3 is 2.64 bits per heavy atom. The molecule has 0 spiro atoms. The molecule has 0 aliphatic rings. The monoisotopic (exact) mass is 341 g/mol. The van der Waals surface area contributed by atoms with Gasteiger partial charge in [-0.2, -0.15) is 0 Å². The molecule has 2 rings (SSSR count). The minimum absolute atomic E-state index is 0. The summed E-state index contributed by atoms with van der Waals surface area (Å²) in [6.45, 7) is 3.76. The summed E-state index contributed by atoms with van der Waals surface area (Å²) in [5.74, 6) is -0.217. The minimum Gasteiger partial charge on any atom is -0.465 e. The zero-order valence-corrected chi connectivity index (χ0v) is 14.0. The Kier molecular flexibility index (Phi) is 7.87. The van der Waals surface area contributed by atoms with Crippen molar-refractivity contribution < 1.29 is 9.53 Å². The maximum absolute atomic E-state index is 11.7. The summed E-state index contributed by atoms with van der Waals surface area (Å²) in [4.78, 5) is 18.8. The Balaban J connectivity index is 0.00000242. The van der Waals surface area contributed by atoms with Crippen molar-refractivity contribution in [1.82, 2.24) is 9.88 Å². The average molecular weight is 342 g/mol. The van der Waals surface area contributed by atoms with Crippen molar-refractivity contribution in [2.24, 2.45) is 0 Å². The Morgan fingerprint density at radius 1 is 1.32 bits per heavy atom. The van der Waals surface area contributed by atoms with Crippen LogP contribution in [0.2, 0.25) is 0 Å². The molecule has 22 heavy (non-hydrogen) atoms. The molecule has 0 saturated heterocycles. The number of benzene rings is 1. The SMILES string of the molecule is CCOC(=O)CN(Cc1ccccc1)Cc1cnc(N)s1.Cl. The van der Waals surface area contributed by atoms with Gasteiger partial charge in [-0.3, -0.25) is 9.69 Å². The molecule has 1 aromatic heterocycles. The number of nitrogens with two attached hydrogens (primary N) is 1. The predicted molar refractivity (Wildman–Crippen MR) is 91.0 cm³/mol. The van der Waals surface area contributed by atoms with E-state index in [4.69, 9.17) is 10.5 Å². The summed E-state index contributed by atoms with van der Waals surface area (Å²) in [5, 5.41) is 0.542. The normalized spacial score (nSPS) is 10.3. The second-order valence-electron chi connectivity index (χ2n) is 4.60. The summed E-state index contributed by atoms with van der Waals surface area (Å²) in [5.41, 5.74) is 6.81. The highest BCUT2D eigenvalue weighted by molar-refractivity contribution is 7.15. The average Bonchev–Trinajstić information content (AvgIpc) is 2.85. The Hall–Kier alpha value is -1.63. The molecule has 1 heterocycles. The van der Waals surface area contributed by atoms with Crippen molar-refractivity contribution in [3.63, 3.8) is 0 Å². The van der Waals surface area contributed by atoms with Crippen LogP contribution >= 0.6 is 23.7 Å². The number of ether oxygens (including phenoxy) is 1. The number of anilines is 1. The van der Waals surface area contributed by atoms with Crippen LogP contribution in [0.5, 0.6) is 0 Å². The van der Waals surface area contributed by atoms with Gasteiger partial charge in [-0.05, 0) is 12.5 Å². The van der Waals surface area contributed by atoms with Gasteiger partial charge < -0.3 is 10.5 Å². The summed E-state index contributed by atoms with van der Waals surface area (Å²) in [7, 11) is 0. The van der Waals surface area contributed by atoms with Gasteiger partial charge in [-0.1, -0.05) is 30.3 Å². The molecule has 0 aliphatic carbocycles. The molecule has 7 heteroatoms. The van der Waals surface area contributed by atoms with Crippen LogP contribution < -0.4 is 5.73 Å². The van der Waals surface area contributed by atoms with E-state index in [1.807, 2.05) is 42.2 Å². The maximum Gasteiger partial charge on any atom is 0.320 e. The Morgan fingerprint density at radius 2 is 2.05 bits per heavy atom. The van der Waals surface area contributed by atoms with Gasteiger partial charge in [0.25, 0.3) is 0 Å². The van der Waals surface area contributed by atoms with Gasteiger partial charge in [0.05, 0.1) is 13.2 Å². The maximum atomic E-state index is 11.7. The fraction of sp³-hybridized carbons (Fsp3) is 0.333. The highest BCUT2D eigenvalue weighted by atomic mass is 35.5. The molecular weight excluding hydrogens is 322 g/mol. The summed E-state index contributed by atoms with van der Waals surface area (Å²) < 4.78 is 5.04. The topological polar surface area (TPSA) is 68.5 Å². The fourth-order valence-electron chi connectivity index (χ4n) is 2.01. The number of nitrogen functional groups attached to an aromatic ring is 1. The van der Waals surface area contributed by atoms with Crippen molar-refractivity contribution in [1.29, 1.82) is 0 Å². The van der Waals surface area contributed by atoms with E-state index in [-0.39, 0.29) is 24.9 Å². The first-order valence-corrected chi connectivity index (χ1v) is 7.61. The van der Waals surface area contributed by atoms with Crippen LogP contribution in [-0.4, -0.2) is 29.0 Å². The van der Waals surface area contributed by atoms with Gasteiger partial charge in [-0.15, -0.1) is 23.7 Å². The number of nitrogens with zero attached hydrogens (tertiary/aromatic N) is 2. The van der Waals surface area contributed by atoms with E-state index < -0.39 is 0 Å². The van der Waals surface area contributed by atoms with Crippen LogP contribution in [0.25, 0.3) is 0 Å². The molecule has 120 valence electrons. The number of thiazole rings is 1. The predicted octanol–water partition coefficient (Wildman–Crippen LogP) is 2.71. The molecule has 1 aromatic carbocycles. The second-order valence-corrected chi connectivity index (χ2v) is 5.75. The zero-order chi connectivity index (χ0) is 15.1. The van der Waals surface area contributed by atoms with Crippen LogP contribution in [0.15, 0.2) is 36.5 Å². The van der Waals surface area contributed by atoms with Gasteiger partial charge in [0, 0.05) is 24.2 Å². The molecule has 0 amide bonds. The standard InChI is InChI=1S/C15H19N3O2S.ClH/c1-2-20-14(19)11-18(9-12-6-4-3-5-7-12)10-13-8-17-15(16)21-13;/h3-8H,2,9-11H2,1H3,(H2,16,17);1H. The smallest absolute Gasteiger partial charge is 0.320 e. The second kappa shape index (κ2) is 9.40. The van der Waals surface area contributed by atoms with Crippen molar-refractivity contribution in [2.75, 3.05) is 18.9 Å². The third-order valence-corrected chi connectivity index (χ3v) is 3.67. The number of aromatic nitrogens is 1. The van der Waals surface area contributed by atoms with Crippen LogP contribution in [-0.2, 0) is 22.6 Å². The minimum atomic E-state index is -0.217. The molecule has 5 nitrogen and oxygen atoms in total. The fourth-order valence-corrected chi connectivity index (χ4v) is 2.74. The van der Waals surface area contributed by atoms with Crippen molar-refractivity contribution in [2.45, 2.75) is 20.0 Å². The van der Waals surface area contributed by atoms with E-state index in [0.717, 1.165) is 10.4 Å². The molecule has 0 aliphatic heterocycles. The molecule has 0 bridgehead atoms. The van der Waals surface area contributed by atoms with Gasteiger partial charge in [0.15, 0.2) is 5.13 Å². The number of esters is 1. The summed E-state index contributed by atoms with van der Waals surface area (Å²) >= 11 is 1.44. The van der Waals surface area contributed by atoms with Crippen molar-refractivity contribution in [3.8, 4) is 0 Å². The van der Waals surface area contributed by atoms with Crippen LogP contribution in [0, 0.1) is 0 Å². The van der Waals surface area contributed by atoms with E-state index in [2.05, 4.69) is 4.98 Å². The van der Waals surface area contributed by atoms with E-state index in [0.29, 0.717) is 24.8 Å². The van der Waals surface area contributed by atoms with Crippen LogP contribution in [0.4, 0.5) is 5.13 Å². The number of hydrogen-bond donors (Lipinski definition) is 1. The van der Waals surface area contributed by atoms with E-state index >= 15 is 0 Å². The van der Waals surface area contributed by atoms with Crippen molar-refractivity contribution >= 4 is 34.8 Å². The molecule has 2 aromatic rings. The number of halogens is 1. The number of carbonyl (C=O) groups is 1. The Bertz CT molecular complexity index is 577. The van der Waals surface area contributed by atoms with Crippen LogP contribution in [0.1, 0.15) is 17.4 Å². The van der Waals surface area contributed by atoms with Gasteiger partial charge in [0.2, 0.25) is 0 Å². The molecular formula is C15H20ClN3O2S. The highest BCUT2D eigenvalue weighted by Gasteiger charge is 2.14. The molecule has 0 saturated carbocycles. The zero-order valence-electron chi connectivity index (χ0n) is 12.4. The van der Waals surface area contributed by atoms with Gasteiger partial charge in [-0.25, -0.2) is 4.98 Å². The summed E-state index contributed by atoms with van der Waals surface area (Å²) in [6.07, 6.45) is 1.75. The lowest BCUT2D eigenvalue weighted by Gasteiger charge is -2.20. The van der Waals surface area contributed by atoms with Gasteiger partial charge in [0.1, 0.15) is 0 Å². The quantitative estimate of drug-likeness (QED) is 0.784. The van der Waals surface area contributed by atoms with Crippen LogP contribution in [0.3, 0.4) is 0 Å². The highest BCUT2D eigenvalue weighted by Crippen LogP contribution is 2.18. The van der Waals surface area contributed by atoms with E-state index in [9.17, 15) is 4.79 Å². The molecule has 0 fully saturated rings. The first kappa shape index (κ1) is 18.4. The van der Waals surface area contributed by atoms with Crippen molar-refractivity contribution in [3.05, 3.63) is 47.0 Å². The number of rotatable bonds is 7. The largest absolute Gasteiger partial charge is 0.465 e. The van der Waals surface area contributed by atoms with E-state index in [1.165, 1.54) is 11.3 Å². The molecule has 2 N–H and O–H groups in total. The number of carbonyl (C=O) groups excluding carboxylic acids is 1.